The second kappa shape index (κ2) is 3.48. The Labute approximate surface area is 115 Å². The second-order valence-corrected chi connectivity index (χ2v) is 6.08. The van der Waals surface area contributed by atoms with Gasteiger partial charge < -0.3 is 0 Å². The third-order valence-electron chi connectivity index (χ3n) is 4.57. The van der Waals surface area contributed by atoms with Crippen molar-refractivity contribution in [3.05, 3.63) is 42.5 Å². The van der Waals surface area contributed by atoms with E-state index in [2.05, 4.69) is 0 Å². The number of hydrogen-bond acceptors (Lipinski definition) is 2. The summed E-state index contributed by atoms with van der Waals surface area (Å²) in [7, 11) is 0. The monoisotopic (exact) mass is 273 g/mol. The quantitative estimate of drug-likeness (QED) is 0.447. The van der Waals surface area contributed by atoms with Gasteiger partial charge in [-0.2, -0.15) is 0 Å². The molecule has 4 rings (SSSR count). The Balaban J connectivity index is 1.83. The highest BCUT2D eigenvalue weighted by atomic mass is 35.5. The number of anilines is 1. The average molecular weight is 274 g/mol. The number of halogens is 1. The lowest BCUT2D eigenvalue weighted by Crippen LogP contribution is -2.41. The molecule has 0 aromatic heterocycles. The van der Waals surface area contributed by atoms with E-state index in [1.54, 1.807) is 12.1 Å². The van der Waals surface area contributed by atoms with Crippen molar-refractivity contribution in [1.29, 1.82) is 0 Å². The summed E-state index contributed by atoms with van der Waals surface area (Å²) in [5, 5.41) is 0. The Morgan fingerprint density at radius 3 is 2.58 bits per heavy atom. The van der Waals surface area contributed by atoms with Gasteiger partial charge in [-0.3, -0.25) is 9.59 Å². The predicted molar refractivity (Wildman–Crippen MR) is 71.7 cm³/mol. The van der Waals surface area contributed by atoms with Gasteiger partial charge in [-0.25, -0.2) is 4.90 Å². The summed E-state index contributed by atoms with van der Waals surface area (Å²) in [4.78, 5) is 25.4. The van der Waals surface area contributed by atoms with Crippen LogP contribution >= 0.6 is 11.6 Å². The van der Waals surface area contributed by atoms with E-state index in [-0.39, 0.29) is 23.7 Å². The van der Waals surface area contributed by atoms with E-state index in [1.807, 2.05) is 30.4 Å². The van der Waals surface area contributed by atoms with Crippen molar-refractivity contribution in [3.63, 3.8) is 0 Å². The van der Waals surface area contributed by atoms with Gasteiger partial charge in [-0.05, 0) is 24.5 Å². The third kappa shape index (κ3) is 1.19. The van der Waals surface area contributed by atoms with Crippen molar-refractivity contribution < 1.29 is 9.59 Å². The van der Waals surface area contributed by atoms with Crippen molar-refractivity contribution in [2.24, 2.45) is 17.8 Å². The maximum atomic E-state index is 12.6. The molecule has 96 valence electrons. The van der Waals surface area contributed by atoms with Crippen molar-refractivity contribution in [2.75, 3.05) is 4.90 Å². The number of rotatable bonds is 1. The topological polar surface area (TPSA) is 37.4 Å². The average Bonchev–Trinajstić information content (AvgIpc) is 3.04. The van der Waals surface area contributed by atoms with Crippen LogP contribution < -0.4 is 4.90 Å². The highest BCUT2D eigenvalue weighted by molar-refractivity contribution is 6.46. The molecule has 1 aromatic carbocycles. The summed E-state index contributed by atoms with van der Waals surface area (Å²) in [6.07, 6.45) is 4.86. The van der Waals surface area contributed by atoms with Gasteiger partial charge in [-0.1, -0.05) is 30.4 Å². The standard InChI is InChI=1S/C15H12ClNO2/c16-15-10-7-6-9(8-10)12(15)13(18)17(14(15)19)11-4-2-1-3-5-11/h1-7,9-10,12H,8H2. The molecule has 4 atom stereocenters. The number of carbonyl (C=O) groups is 2. The number of fused-ring (bicyclic) bond motifs is 5. The van der Waals surface area contributed by atoms with Crippen molar-refractivity contribution in [2.45, 2.75) is 11.3 Å². The lowest BCUT2D eigenvalue weighted by atomic mass is 9.84. The number of imide groups is 1. The zero-order chi connectivity index (χ0) is 13.2. The van der Waals surface area contributed by atoms with Crippen LogP contribution in [0.3, 0.4) is 0 Å². The smallest absolute Gasteiger partial charge is 0.256 e. The second-order valence-electron chi connectivity index (χ2n) is 5.45. The molecule has 1 aliphatic heterocycles. The van der Waals surface area contributed by atoms with Gasteiger partial charge in [-0.15, -0.1) is 11.6 Å². The molecule has 2 bridgehead atoms. The molecule has 1 heterocycles. The van der Waals surface area contributed by atoms with E-state index in [0.29, 0.717) is 5.69 Å². The summed E-state index contributed by atoms with van der Waals surface area (Å²) >= 11 is 6.59. The number of para-hydroxylation sites is 1. The van der Waals surface area contributed by atoms with Gasteiger partial charge >= 0.3 is 0 Å². The summed E-state index contributed by atoms with van der Waals surface area (Å²) < 4.78 is 0. The molecule has 1 aromatic rings. The minimum atomic E-state index is -1.05. The summed E-state index contributed by atoms with van der Waals surface area (Å²) in [6, 6.07) is 9.03. The molecular weight excluding hydrogens is 262 g/mol. The number of alkyl halides is 1. The van der Waals surface area contributed by atoms with Gasteiger partial charge in [0.15, 0.2) is 0 Å². The van der Waals surface area contributed by atoms with Crippen LogP contribution in [0.5, 0.6) is 0 Å². The molecule has 3 aliphatic rings. The Hall–Kier alpha value is -1.61. The zero-order valence-electron chi connectivity index (χ0n) is 10.1. The Kier molecular flexibility index (Phi) is 2.06. The van der Waals surface area contributed by atoms with E-state index in [9.17, 15) is 9.59 Å². The minimum Gasteiger partial charge on any atom is -0.274 e. The number of allylic oxidation sites excluding steroid dienone is 2. The molecule has 1 saturated heterocycles. The highest BCUT2D eigenvalue weighted by Crippen LogP contribution is 2.59. The number of carbonyl (C=O) groups excluding carboxylic acids is 2. The Bertz CT molecular complexity index is 612. The van der Waals surface area contributed by atoms with Crippen LogP contribution in [0.4, 0.5) is 5.69 Å². The van der Waals surface area contributed by atoms with Gasteiger partial charge in [0.25, 0.3) is 5.91 Å². The molecule has 4 unspecified atom stereocenters. The normalized spacial score (nSPS) is 39.2. The molecule has 2 fully saturated rings. The zero-order valence-corrected chi connectivity index (χ0v) is 10.9. The van der Waals surface area contributed by atoms with Crippen molar-refractivity contribution >= 4 is 29.1 Å². The minimum absolute atomic E-state index is 0.00525. The number of hydrogen-bond donors (Lipinski definition) is 0. The largest absolute Gasteiger partial charge is 0.274 e. The molecular formula is C15H12ClNO2. The fraction of sp³-hybridized carbons (Fsp3) is 0.333. The molecule has 0 spiro atoms. The van der Waals surface area contributed by atoms with Crippen LogP contribution in [0.1, 0.15) is 6.42 Å². The van der Waals surface area contributed by atoms with E-state index in [0.717, 1.165) is 6.42 Å². The first-order valence-corrected chi connectivity index (χ1v) is 6.82. The molecule has 4 heteroatoms. The molecule has 3 nitrogen and oxygen atoms in total. The molecule has 0 N–H and O–H groups in total. The number of benzene rings is 1. The van der Waals surface area contributed by atoms with Crippen LogP contribution in [0, 0.1) is 17.8 Å². The third-order valence-corrected chi connectivity index (χ3v) is 5.25. The number of nitrogens with zero attached hydrogens (tertiary/aromatic N) is 1. The Morgan fingerprint density at radius 1 is 1.16 bits per heavy atom. The fourth-order valence-electron chi connectivity index (χ4n) is 3.71. The van der Waals surface area contributed by atoms with Gasteiger partial charge in [0.1, 0.15) is 4.87 Å². The molecule has 1 saturated carbocycles. The molecule has 2 amide bonds. The van der Waals surface area contributed by atoms with Crippen LogP contribution in [-0.2, 0) is 9.59 Å². The van der Waals surface area contributed by atoms with E-state index < -0.39 is 10.8 Å². The number of amides is 2. The van der Waals surface area contributed by atoms with E-state index in [4.69, 9.17) is 11.6 Å². The maximum Gasteiger partial charge on any atom is 0.256 e. The van der Waals surface area contributed by atoms with Crippen LogP contribution in [0.15, 0.2) is 42.5 Å². The lowest BCUT2D eigenvalue weighted by molar-refractivity contribution is -0.123. The SMILES string of the molecule is O=C1C2C3C=CC(C3)C2(Cl)C(=O)N1c1ccccc1. The van der Waals surface area contributed by atoms with Crippen LogP contribution in [0.2, 0.25) is 0 Å². The van der Waals surface area contributed by atoms with Gasteiger partial charge in [0.05, 0.1) is 11.6 Å². The van der Waals surface area contributed by atoms with E-state index in [1.165, 1.54) is 4.90 Å². The lowest BCUT2D eigenvalue weighted by Gasteiger charge is -2.25. The highest BCUT2D eigenvalue weighted by Gasteiger charge is 2.69. The van der Waals surface area contributed by atoms with Crippen LogP contribution in [-0.4, -0.2) is 16.7 Å². The fourth-order valence-corrected chi connectivity index (χ4v) is 4.22. The van der Waals surface area contributed by atoms with Crippen molar-refractivity contribution in [3.8, 4) is 0 Å². The van der Waals surface area contributed by atoms with E-state index >= 15 is 0 Å². The predicted octanol–water partition coefficient (Wildman–Crippen LogP) is 2.36. The molecule has 0 radical (unpaired) electrons. The first kappa shape index (κ1) is 11.2. The van der Waals surface area contributed by atoms with Gasteiger partial charge in [0.2, 0.25) is 5.91 Å². The summed E-state index contributed by atoms with van der Waals surface area (Å²) in [5.74, 6) is -0.686. The first-order chi connectivity index (χ1) is 9.14. The maximum absolute atomic E-state index is 12.6. The summed E-state index contributed by atoms with van der Waals surface area (Å²) in [6.45, 7) is 0. The van der Waals surface area contributed by atoms with Crippen LogP contribution in [0.25, 0.3) is 0 Å². The first-order valence-electron chi connectivity index (χ1n) is 6.44. The molecule has 2 aliphatic carbocycles. The Morgan fingerprint density at radius 2 is 1.89 bits per heavy atom. The summed E-state index contributed by atoms with van der Waals surface area (Å²) in [5.41, 5.74) is 0.617. The van der Waals surface area contributed by atoms with Crippen molar-refractivity contribution in [1.82, 2.24) is 0 Å². The van der Waals surface area contributed by atoms with Gasteiger partial charge in [0, 0.05) is 5.92 Å². The molecule has 19 heavy (non-hydrogen) atoms.